The van der Waals surface area contributed by atoms with Gasteiger partial charge in [-0.3, -0.25) is 47.7 Å². The Kier molecular flexibility index (Phi) is 49.9. The molecule has 0 saturated heterocycles. The zero-order valence-corrected chi connectivity index (χ0v) is 57.0. The molecule has 34 heteroatoms. The van der Waals surface area contributed by atoms with E-state index in [4.69, 9.17) is 73.0 Å². The van der Waals surface area contributed by atoms with Crippen LogP contribution in [-0.2, 0) is 66.3 Å². The summed E-state index contributed by atoms with van der Waals surface area (Å²) in [6.07, 6.45) is 0.596. The van der Waals surface area contributed by atoms with Crippen LogP contribution >= 0.6 is 46.4 Å². The zero-order valence-electron chi connectivity index (χ0n) is 48.8. The number of hydrogen-bond acceptors (Lipinski definition) is 14. The van der Waals surface area contributed by atoms with Gasteiger partial charge in [0.2, 0.25) is 17.7 Å². The van der Waals surface area contributed by atoms with Gasteiger partial charge in [0.05, 0.1) is 45.1 Å². The van der Waals surface area contributed by atoms with E-state index < -0.39 is 73.6 Å². The number of aliphatic carboxylic acids is 1. The molecule has 0 bridgehead atoms. The van der Waals surface area contributed by atoms with Crippen molar-refractivity contribution in [2.45, 2.75) is 53.9 Å². The Morgan fingerprint density at radius 3 is 1.47 bits per heavy atom. The van der Waals surface area contributed by atoms with Gasteiger partial charge in [0.1, 0.15) is 56.3 Å². The smallest absolute Gasteiger partial charge is 1.00 e. The van der Waals surface area contributed by atoms with Crippen LogP contribution in [0.1, 0.15) is 60.4 Å². The maximum atomic E-state index is 14.0. The second-order valence-electron chi connectivity index (χ2n) is 17.1. The van der Waals surface area contributed by atoms with Crippen LogP contribution < -0.4 is 141 Å². The molecule has 0 atom stereocenters. The van der Waals surface area contributed by atoms with Crippen molar-refractivity contribution in [1.82, 2.24) is 40.4 Å². The molecule has 0 radical (unpaired) electrons. The summed E-state index contributed by atoms with van der Waals surface area (Å²) >= 11 is 22.2. The monoisotopic (exact) mass is 1410 g/mol. The van der Waals surface area contributed by atoms with Crippen LogP contribution in [0.5, 0.6) is 0 Å². The second kappa shape index (κ2) is 50.4. The van der Waals surface area contributed by atoms with Gasteiger partial charge in [0.15, 0.2) is 11.4 Å². The van der Waals surface area contributed by atoms with Crippen LogP contribution in [0.15, 0.2) is 103 Å². The molecular formula is C57H67Cl4F6K2N11O11. The topological polar surface area (TPSA) is 342 Å². The number of nitrogens with zero attached hydrogens (tertiary/aromatic N) is 5. The van der Waals surface area contributed by atoms with E-state index in [1.54, 1.807) is 72.8 Å². The van der Waals surface area contributed by atoms with Gasteiger partial charge in [0, 0.05) is 61.0 Å². The molecule has 0 unspecified atom stereocenters. The molecule has 10 N–H and O–H groups in total. The minimum atomic E-state index is -1.02. The van der Waals surface area contributed by atoms with Crippen molar-refractivity contribution >= 4 is 116 Å². The molecule has 91 heavy (non-hydrogen) atoms. The number of hydrogen-bond donors (Lipinski definition) is 7. The number of carbonyl (C=O) groups excluding carboxylic acids is 7. The number of aromatic nitrogens is 4. The van der Waals surface area contributed by atoms with Gasteiger partial charge in [-0.05, 0) is 42.3 Å². The first-order valence-electron chi connectivity index (χ1n) is 25.2. The zero-order chi connectivity index (χ0) is 65.0. The first-order valence-corrected chi connectivity index (χ1v) is 26.9. The molecule has 488 valence electrons. The summed E-state index contributed by atoms with van der Waals surface area (Å²) in [5, 5.41) is 33.8. The van der Waals surface area contributed by atoms with Crippen LogP contribution in [0.2, 0.25) is 15.1 Å². The molecule has 5 amide bonds. The molecule has 7 aromatic rings. The molecule has 0 aliphatic carbocycles. The molecule has 0 aliphatic heterocycles. The molecular weight excluding hydrogens is 1350 g/mol. The van der Waals surface area contributed by atoms with Gasteiger partial charge in [0.25, 0.3) is 18.3 Å². The Morgan fingerprint density at radius 2 is 1.08 bits per heavy atom. The number of halogens is 10. The number of nitrogens with two attached hydrogens (primary N) is 3. The molecule has 0 saturated carbocycles. The van der Waals surface area contributed by atoms with Crippen LogP contribution in [0.25, 0.3) is 21.8 Å². The van der Waals surface area contributed by atoms with Crippen molar-refractivity contribution in [3.05, 3.63) is 164 Å². The first kappa shape index (κ1) is 90.1. The number of carbonyl (C=O) groups is 8. The number of para-hydroxylation sites is 2. The van der Waals surface area contributed by atoms with E-state index >= 15 is 0 Å². The molecule has 2 aromatic heterocycles. The van der Waals surface area contributed by atoms with Gasteiger partial charge in [-0.1, -0.05) is 122 Å². The number of aryl methyl sites for hydroxylation is 1. The van der Waals surface area contributed by atoms with E-state index in [0.29, 0.717) is 39.4 Å². The van der Waals surface area contributed by atoms with Gasteiger partial charge < -0.3 is 54.7 Å². The van der Waals surface area contributed by atoms with Gasteiger partial charge in [-0.2, -0.15) is 10.2 Å². The third-order valence-electron chi connectivity index (χ3n) is 11.0. The number of ketones is 1. The summed E-state index contributed by atoms with van der Waals surface area (Å²) in [6, 6.07) is 27.3. The van der Waals surface area contributed by atoms with Gasteiger partial charge >= 0.3 is 109 Å². The van der Waals surface area contributed by atoms with Crippen LogP contribution in [0.3, 0.4) is 0 Å². The maximum Gasteiger partial charge on any atom is 1.00 e. The van der Waals surface area contributed by atoms with E-state index in [-0.39, 0.29) is 234 Å². The summed E-state index contributed by atoms with van der Waals surface area (Å²) < 4.78 is 78.5. The van der Waals surface area contributed by atoms with E-state index in [2.05, 4.69) is 36.8 Å². The van der Waals surface area contributed by atoms with Gasteiger partial charge in [-0.25, -0.2) is 26.3 Å². The fourth-order valence-electron chi connectivity index (χ4n) is 7.01. The quantitative estimate of drug-likeness (QED) is 0.00840. The van der Waals surface area contributed by atoms with Crippen LogP contribution in [0, 0.1) is 17.5 Å². The predicted octanol–water partition coefficient (Wildman–Crippen LogP) is 0.878. The molecule has 22 nitrogen and oxygen atoms in total. The summed E-state index contributed by atoms with van der Waals surface area (Å²) in [6.45, 7) is -3.17. The normalized spacial score (nSPS) is 9.71. The number of alkyl halides is 4. The number of carboxylic acid groups (broad SMARTS) is 1. The largest absolute Gasteiger partial charge is 1.00 e. The van der Waals surface area contributed by atoms with E-state index in [1.165, 1.54) is 39.7 Å². The number of benzene rings is 5. The van der Waals surface area contributed by atoms with Gasteiger partial charge in [-0.15, -0.1) is 11.6 Å². The molecule has 2 heterocycles. The second-order valence-corrected chi connectivity index (χ2v) is 18.6. The number of Topliss-reactive ketones (excluding diaryl/α,β-unsaturated/α-hetero) is 1. The average molecular weight is 1420 g/mol. The predicted molar refractivity (Wildman–Crippen MR) is 324 cm³/mol. The third kappa shape index (κ3) is 32.5. The Hall–Kier alpha value is -5.11. The first-order chi connectivity index (χ1) is 41.5. The molecule has 5 aromatic carbocycles. The molecule has 0 aliphatic rings. The van der Waals surface area contributed by atoms with Crippen LogP contribution in [-0.4, -0.2) is 136 Å². The number of primary amides is 2. The van der Waals surface area contributed by atoms with Crippen molar-refractivity contribution in [3.8, 4) is 0 Å². The molecule has 0 fully saturated rings. The number of rotatable bonds is 24. The Balaban J connectivity index is -0.000000556. The third-order valence-corrected chi connectivity index (χ3v) is 12.1. The van der Waals surface area contributed by atoms with Crippen molar-refractivity contribution < 1.29 is 184 Å². The van der Waals surface area contributed by atoms with Crippen molar-refractivity contribution in [3.63, 3.8) is 0 Å². The van der Waals surface area contributed by atoms with Crippen molar-refractivity contribution in [1.29, 1.82) is 0 Å². The SMILES string of the molecule is C.C.NC(=O)c1nn(CC(=O)N(CCF)CC(=O)NCc2cccc(Cl)c2F)c2ccccc12.NC(=O)c1nn(CC(=O)O)c2ccccc12.NCCF.O=C(CCl)CCc1cccc(Cl)c1F.O=C(CNCCF)NCc1cccc(Cl)c1F.O=CO[O-].[H-].[K+].[K+]. The minimum Gasteiger partial charge on any atom is -1.00 e. The fraction of sp³-hybridized carbons (Fsp3) is 0.298. The van der Waals surface area contributed by atoms with E-state index in [1.807, 2.05) is 0 Å². The number of fused-ring (bicyclic) bond motifs is 2. The van der Waals surface area contributed by atoms with Crippen molar-refractivity contribution in [2.75, 3.05) is 58.6 Å². The minimum absolute atomic E-state index is 0. The Bertz CT molecular complexity index is 3430. The average Bonchev–Trinajstić information content (AvgIpc) is 1.68. The summed E-state index contributed by atoms with van der Waals surface area (Å²) in [5.74, 6) is -5.70. The van der Waals surface area contributed by atoms with E-state index in [9.17, 15) is 59.9 Å². The summed E-state index contributed by atoms with van der Waals surface area (Å²) in [5.41, 5.74) is 17.3. The maximum absolute atomic E-state index is 14.0. The Labute approximate surface area is 626 Å². The number of carboxylic acids is 1. The Morgan fingerprint density at radius 1 is 0.659 bits per heavy atom. The number of amides is 5. The molecule has 7 rings (SSSR count). The number of nitrogens with one attached hydrogen (secondary N) is 3. The standard InChI is InChI=1S/C21H20ClF2N5O3.C11H13ClF2N2O.C10H9Cl2FO.C10H9N3O3.C2H6FN.CH2O3.2CH4.2K.H/c22-15-6-3-4-13(19(15)24)10-26-17(30)11-28(9-8-23)18(31)12-29-16-7-2-1-5-14(16)20(27-29)21(25)32;12-9-3-1-2-8(11(9)14)6-16-10(17)7-15-5-4-13;11-6-8(14)5-4-7-2-1-3-9(12)10(7)13;11-10(16)9-6-3-1-2-4-7(6)13(12-9)5-8(14)15;3-1-2-4;2-1-4-3;;;;;/h1-7H,8-12H2,(H2,25,32)(H,26,30);1-3,15H,4-7H2,(H,16,17);1-3H,4-6H2;1-4H,5H2,(H2,11,16)(H,14,15);1-2,4H2;1,3H;2*1H4;;;/q;;;;;;;;2*+1;-1/p-1. The summed E-state index contributed by atoms with van der Waals surface area (Å²) in [7, 11) is 0. The van der Waals surface area contributed by atoms with Crippen LogP contribution in [0.4, 0.5) is 26.3 Å². The van der Waals surface area contributed by atoms with E-state index in [0.717, 1.165) is 4.90 Å². The molecule has 0 spiro atoms. The van der Waals surface area contributed by atoms with Crippen molar-refractivity contribution in [2.24, 2.45) is 17.2 Å². The summed E-state index contributed by atoms with van der Waals surface area (Å²) in [4.78, 5) is 92.8. The fourth-order valence-corrected chi connectivity index (χ4v) is 7.73.